The van der Waals surface area contributed by atoms with Crippen molar-refractivity contribution in [3.05, 3.63) is 59.2 Å². The first-order chi connectivity index (χ1) is 9.63. The fourth-order valence-electron chi connectivity index (χ4n) is 1.99. The summed E-state index contributed by atoms with van der Waals surface area (Å²) in [7, 11) is 0. The van der Waals surface area contributed by atoms with E-state index in [2.05, 4.69) is 10.3 Å². The van der Waals surface area contributed by atoms with Crippen LogP contribution < -0.4 is 5.32 Å². The highest BCUT2D eigenvalue weighted by Gasteiger charge is 2.09. The molecular weight excluding hydrogens is 276 g/mol. The molecule has 20 heavy (non-hydrogen) atoms. The Balaban J connectivity index is 1.88. The van der Waals surface area contributed by atoms with Gasteiger partial charge in [-0.25, -0.2) is 0 Å². The Morgan fingerprint density at radius 2 is 2.00 bits per heavy atom. The normalized spacial score (nSPS) is 10.7. The van der Waals surface area contributed by atoms with Crippen LogP contribution in [0.15, 0.2) is 48.7 Å². The van der Waals surface area contributed by atoms with E-state index in [0.717, 1.165) is 10.9 Å². The summed E-state index contributed by atoms with van der Waals surface area (Å²) in [5.74, 6) is -0.192. The predicted molar refractivity (Wildman–Crippen MR) is 79.4 cm³/mol. The number of halogens is 1. The van der Waals surface area contributed by atoms with E-state index in [1.165, 1.54) is 12.1 Å². The van der Waals surface area contributed by atoms with Gasteiger partial charge in [0, 0.05) is 28.7 Å². The van der Waals surface area contributed by atoms with Crippen molar-refractivity contribution in [2.45, 2.75) is 0 Å². The number of benzene rings is 2. The molecule has 0 fully saturated rings. The van der Waals surface area contributed by atoms with Crippen molar-refractivity contribution in [1.29, 1.82) is 0 Å². The molecule has 100 valence electrons. The van der Waals surface area contributed by atoms with Crippen LogP contribution in [-0.2, 0) is 0 Å². The van der Waals surface area contributed by atoms with Crippen LogP contribution in [0.5, 0.6) is 5.75 Å². The SMILES string of the molecule is O=C(Nc1ccc(O)cc1Cl)c1ccc2[nH]ccc2c1. The summed E-state index contributed by atoms with van der Waals surface area (Å²) < 4.78 is 0. The molecule has 0 saturated carbocycles. The molecular formula is C15H11ClN2O2. The third-order valence-electron chi connectivity index (χ3n) is 3.02. The number of phenolic OH excluding ortho intramolecular Hbond substituents is 1. The summed E-state index contributed by atoms with van der Waals surface area (Å²) >= 11 is 5.96. The Morgan fingerprint density at radius 1 is 1.15 bits per heavy atom. The number of phenols is 1. The van der Waals surface area contributed by atoms with Gasteiger partial charge in [0.1, 0.15) is 5.75 Å². The van der Waals surface area contributed by atoms with Gasteiger partial charge in [0.25, 0.3) is 5.91 Å². The average Bonchev–Trinajstić information content (AvgIpc) is 2.89. The lowest BCUT2D eigenvalue weighted by molar-refractivity contribution is 0.102. The van der Waals surface area contributed by atoms with E-state index in [1.807, 2.05) is 18.3 Å². The number of aromatic nitrogens is 1. The maximum Gasteiger partial charge on any atom is 0.255 e. The van der Waals surface area contributed by atoms with Crippen LogP contribution in [-0.4, -0.2) is 16.0 Å². The molecule has 0 bridgehead atoms. The Labute approximate surface area is 120 Å². The Bertz CT molecular complexity index is 795. The minimum absolute atomic E-state index is 0.0572. The fourth-order valence-corrected chi connectivity index (χ4v) is 2.22. The predicted octanol–water partition coefficient (Wildman–Crippen LogP) is 3.78. The molecule has 0 aliphatic heterocycles. The first kappa shape index (κ1) is 12.6. The van der Waals surface area contributed by atoms with Crippen molar-refractivity contribution in [3.63, 3.8) is 0 Å². The van der Waals surface area contributed by atoms with Gasteiger partial charge in [-0.05, 0) is 36.4 Å². The molecule has 0 atom stereocenters. The first-order valence-electron chi connectivity index (χ1n) is 6.00. The maximum atomic E-state index is 12.2. The Morgan fingerprint density at radius 3 is 2.80 bits per heavy atom. The van der Waals surface area contributed by atoms with E-state index in [9.17, 15) is 9.90 Å². The van der Waals surface area contributed by atoms with Gasteiger partial charge in [-0.15, -0.1) is 0 Å². The summed E-state index contributed by atoms with van der Waals surface area (Å²) in [5, 5.41) is 13.3. The van der Waals surface area contributed by atoms with Crippen LogP contribution in [0.4, 0.5) is 5.69 Å². The van der Waals surface area contributed by atoms with Crippen LogP contribution in [0.2, 0.25) is 5.02 Å². The van der Waals surface area contributed by atoms with E-state index in [0.29, 0.717) is 16.3 Å². The number of H-pyrrole nitrogens is 1. The third-order valence-corrected chi connectivity index (χ3v) is 3.33. The Kier molecular flexibility index (Phi) is 3.08. The van der Waals surface area contributed by atoms with Crippen molar-refractivity contribution in [2.24, 2.45) is 0 Å². The lowest BCUT2D eigenvalue weighted by atomic mass is 10.1. The molecule has 0 radical (unpaired) electrons. The number of hydrogen-bond donors (Lipinski definition) is 3. The van der Waals surface area contributed by atoms with Crippen molar-refractivity contribution in [2.75, 3.05) is 5.32 Å². The number of aromatic hydroxyl groups is 1. The van der Waals surface area contributed by atoms with Crippen LogP contribution in [0, 0.1) is 0 Å². The lowest BCUT2D eigenvalue weighted by Crippen LogP contribution is -2.11. The van der Waals surface area contributed by atoms with Gasteiger partial charge in [0.2, 0.25) is 0 Å². The van der Waals surface area contributed by atoms with E-state index in [1.54, 1.807) is 18.2 Å². The lowest BCUT2D eigenvalue weighted by Gasteiger charge is -2.07. The molecule has 0 saturated heterocycles. The molecule has 3 rings (SSSR count). The zero-order valence-electron chi connectivity index (χ0n) is 10.4. The third kappa shape index (κ3) is 2.33. The van der Waals surface area contributed by atoms with Crippen molar-refractivity contribution >= 4 is 34.1 Å². The van der Waals surface area contributed by atoms with Crippen molar-refractivity contribution in [1.82, 2.24) is 4.98 Å². The minimum Gasteiger partial charge on any atom is -0.508 e. The van der Waals surface area contributed by atoms with Gasteiger partial charge in [0.05, 0.1) is 10.7 Å². The number of nitrogens with one attached hydrogen (secondary N) is 2. The number of hydrogen-bond acceptors (Lipinski definition) is 2. The highest BCUT2D eigenvalue weighted by molar-refractivity contribution is 6.34. The zero-order chi connectivity index (χ0) is 14.1. The molecule has 3 N–H and O–H groups in total. The second-order valence-electron chi connectivity index (χ2n) is 4.40. The summed E-state index contributed by atoms with van der Waals surface area (Å²) in [4.78, 5) is 15.2. The number of carbonyl (C=O) groups excluding carboxylic acids is 1. The van der Waals surface area contributed by atoms with Gasteiger partial charge in [-0.2, -0.15) is 0 Å². The number of carbonyl (C=O) groups is 1. The number of amides is 1. The van der Waals surface area contributed by atoms with Crippen LogP contribution in [0.1, 0.15) is 10.4 Å². The highest BCUT2D eigenvalue weighted by Crippen LogP contribution is 2.26. The minimum atomic E-state index is -0.249. The van der Waals surface area contributed by atoms with Gasteiger partial charge in [-0.1, -0.05) is 11.6 Å². The highest BCUT2D eigenvalue weighted by atomic mass is 35.5. The molecule has 0 aliphatic carbocycles. The maximum absolute atomic E-state index is 12.2. The number of rotatable bonds is 2. The fraction of sp³-hybridized carbons (Fsp3) is 0. The molecule has 0 spiro atoms. The standard InChI is InChI=1S/C15H11ClN2O2/c16-12-8-11(19)2-4-14(12)18-15(20)10-1-3-13-9(7-10)5-6-17-13/h1-8,17,19H,(H,18,20). The molecule has 1 amide bonds. The number of aromatic amines is 1. The quantitative estimate of drug-likeness (QED) is 0.628. The second-order valence-corrected chi connectivity index (χ2v) is 4.81. The Hall–Kier alpha value is -2.46. The second kappa shape index (κ2) is 4.90. The van der Waals surface area contributed by atoms with Gasteiger partial charge in [-0.3, -0.25) is 4.79 Å². The molecule has 5 heteroatoms. The van der Waals surface area contributed by atoms with E-state index in [4.69, 9.17) is 11.6 Å². The van der Waals surface area contributed by atoms with Gasteiger partial charge in [0.15, 0.2) is 0 Å². The van der Waals surface area contributed by atoms with Gasteiger partial charge < -0.3 is 15.4 Å². The zero-order valence-corrected chi connectivity index (χ0v) is 11.1. The van der Waals surface area contributed by atoms with Crippen molar-refractivity contribution in [3.8, 4) is 5.75 Å². The molecule has 3 aromatic rings. The summed E-state index contributed by atoms with van der Waals surface area (Å²) in [6.07, 6.45) is 1.82. The van der Waals surface area contributed by atoms with Crippen LogP contribution in [0.25, 0.3) is 10.9 Å². The molecule has 1 heterocycles. The monoisotopic (exact) mass is 286 g/mol. The van der Waals surface area contributed by atoms with Crippen LogP contribution >= 0.6 is 11.6 Å². The smallest absolute Gasteiger partial charge is 0.255 e. The topological polar surface area (TPSA) is 65.1 Å². The molecule has 0 unspecified atom stereocenters. The largest absolute Gasteiger partial charge is 0.508 e. The van der Waals surface area contributed by atoms with E-state index < -0.39 is 0 Å². The molecule has 4 nitrogen and oxygen atoms in total. The average molecular weight is 287 g/mol. The van der Waals surface area contributed by atoms with Crippen molar-refractivity contribution < 1.29 is 9.90 Å². The molecule has 1 aromatic heterocycles. The summed E-state index contributed by atoms with van der Waals surface area (Å²) in [6, 6.07) is 11.7. The first-order valence-corrected chi connectivity index (χ1v) is 6.38. The molecule has 2 aromatic carbocycles. The number of anilines is 1. The van der Waals surface area contributed by atoms with E-state index in [-0.39, 0.29) is 11.7 Å². The summed E-state index contributed by atoms with van der Waals surface area (Å²) in [6.45, 7) is 0. The van der Waals surface area contributed by atoms with Gasteiger partial charge >= 0.3 is 0 Å². The summed E-state index contributed by atoms with van der Waals surface area (Å²) in [5.41, 5.74) is 1.98. The van der Waals surface area contributed by atoms with E-state index >= 15 is 0 Å². The number of fused-ring (bicyclic) bond motifs is 1. The molecule has 0 aliphatic rings. The van der Waals surface area contributed by atoms with Crippen LogP contribution in [0.3, 0.4) is 0 Å².